The van der Waals surface area contributed by atoms with Gasteiger partial charge in [0.15, 0.2) is 5.79 Å². The summed E-state index contributed by atoms with van der Waals surface area (Å²) in [5, 5.41) is 0. The minimum atomic E-state index is -0.634. The van der Waals surface area contributed by atoms with Gasteiger partial charge in [-0.05, 0) is 18.6 Å². The number of carbonyl (C=O) groups excluding carboxylic acids is 1. The molecule has 6 nitrogen and oxygen atoms in total. The Morgan fingerprint density at radius 3 is 2.86 bits per heavy atom. The zero-order valence-corrected chi connectivity index (χ0v) is 12.1. The van der Waals surface area contributed by atoms with E-state index in [0.717, 1.165) is 12.8 Å². The summed E-state index contributed by atoms with van der Waals surface area (Å²) in [6.07, 6.45) is 1.67. The number of ether oxygens (including phenoxy) is 3. The molecule has 0 unspecified atom stereocenters. The highest BCUT2D eigenvalue weighted by Gasteiger charge is 2.42. The van der Waals surface area contributed by atoms with Crippen molar-refractivity contribution in [2.24, 2.45) is 0 Å². The summed E-state index contributed by atoms with van der Waals surface area (Å²) in [7, 11) is 1.53. The van der Waals surface area contributed by atoms with Gasteiger partial charge in [0.1, 0.15) is 11.3 Å². The number of methoxy groups -OCH3 is 1. The summed E-state index contributed by atoms with van der Waals surface area (Å²) in [6, 6.07) is 5.22. The van der Waals surface area contributed by atoms with E-state index >= 15 is 0 Å². The largest absolute Gasteiger partial charge is 0.496 e. The second-order valence-electron chi connectivity index (χ2n) is 5.36. The maximum absolute atomic E-state index is 12.8. The topological polar surface area (TPSA) is 74.0 Å². The molecule has 1 aromatic rings. The van der Waals surface area contributed by atoms with E-state index in [1.165, 1.54) is 7.11 Å². The fraction of sp³-hybridized carbons (Fsp3) is 0.533. The molecule has 2 aliphatic rings. The molecule has 0 saturated carbocycles. The Balaban J connectivity index is 1.85. The predicted octanol–water partition coefficient (Wildman–Crippen LogP) is 1.26. The van der Waals surface area contributed by atoms with Crippen molar-refractivity contribution in [3.05, 3.63) is 23.8 Å². The van der Waals surface area contributed by atoms with E-state index in [-0.39, 0.29) is 5.91 Å². The highest BCUT2D eigenvalue weighted by molar-refractivity contribution is 6.02. The molecule has 2 saturated heterocycles. The summed E-state index contributed by atoms with van der Waals surface area (Å²) in [6.45, 7) is 2.27. The summed E-state index contributed by atoms with van der Waals surface area (Å²) < 4.78 is 16.7. The Labute approximate surface area is 123 Å². The molecule has 1 amide bonds. The number of carbonyl (C=O) groups is 1. The van der Waals surface area contributed by atoms with Gasteiger partial charge >= 0.3 is 0 Å². The molecular formula is C15H20N2O4. The first-order valence-corrected chi connectivity index (χ1v) is 7.15. The Hall–Kier alpha value is -1.79. The molecule has 21 heavy (non-hydrogen) atoms. The van der Waals surface area contributed by atoms with Crippen molar-refractivity contribution < 1.29 is 19.0 Å². The van der Waals surface area contributed by atoms with Gasteiger partial charge in [0, 0.05) is 18.7 Å². The third kappa shape index (κ3) is 2.56. The van der Waals surface area contributed by atoms with Crippen LogP contribution >= 0.6 is 0 Å². The molecule has 1 spiro atoms. The lowest BCUT2D eigenvalue weighted by molar-refractivity contribution is -0.183. The molecule has 3 rings (SSSR count). The molecule has 2 aliphatic heterocycles. The first-order valence-electron chi connectivity index (χ1n) is 7.15. The van der Waals surface area contributed by atoms with Crippen molar-refractivity contribution in [3.8, 4) is 5.75 Å². The Bertz CT molecular complexity index is 540. The fourth-order valence-electron chi connectivity index (χ4n) is 3.00. The zero-order valence-electron chi connectivity index (χ0n) is 12.1. The van der Waals surface area contributed by atoms with E-state index in [1.807, 2.05) is 0 Å². The summed E-state index contributed by atoms with van der Waals surface area (Å²) in [5.74, 6) is -0.277. The molecule has 2 fully saturated rings. The van der Waals surface area contributed by atoms with Crippen LogP contribution in [0.1, 0.15) is 23.2 Å². The number of piperidine rings is 1. The third-order valence-electron chi connectivity index (χ3n) is 4.01. The van der Waals surface area contributed by atoms with Gasteiger partial charge in [0.25, 0.3) is 5.91 Å². The van der Waals surface area contributed by atoms with E-state index in [9.17, 15) is 4.79 Å². The third-order valence-corrected chi connectivity index (χ3v) is 4.01. The summed E-state index contributed by atoms with van der Waals surface area (Å²) in [4.78, 5) is 14.5. The van der Waals surface area contributed by atoms with Crippen molar-refractivity contribution in [2.45, 2.75) is 18.6 Å². The second kappa shape index (κ2) is 5.54. The van der Waals surface area contributed by atoms with Gasteiger partial charge < -0.3 is 24.8 Å². The molecule has 0 aromatic heterocycles. The summed E-state index contributed by atoms with van der Waals surface area (Å²) in [5.41, 5.74) is 6.79. The standard InChI is InChI=1S/C15H20N2O4/c1-19-12-5-2-4-11(16)13(12)14(18)17-7-3-6-15(10-17)20-8-9-21-15/h2,4-5H,3,6-10,16H2,1H3. The van der Waals surface area contributed by atoms with Crippen LogP contribution in [0.4, 0.5) is 5.69 Å². The minimum Gasteiger partial charge on any atom is -0.496 e. The molecule has 0 radical (unpaired) electrons. The van der Waals surface area contributed by atoms with Crippen LogP contribution in [0.3, 0.4) is 0 Å². The SMILES string of the molecule is COc1cccc(N)c1C(=O)N1CCCC2(C1)OCCO2. The molecule has 0 aliphatic carbocycles. The lowest BCUT2D eigenvalue weighted by atomic mass is 10.0. The number of nitrogen functional groups attached to an aromatic ring is 1. The van der Waals surface area contributed by atoms with Crippen LogP contribution in [-0.2, 0) is 9.47 Å². The van der Waals surface area contributed by atoms with Crippen molar-refractivity contribution in [3.63, 3.8) is 0 Å². The van der Waals surface area contributed by atoms with Crippen molar-refractivity contribution in [1.82, 2.24) is 4.90 Å². The fourth-order valence-corrected chi connectivity index (χ4v) is 3.00. The number of rotatable bonds is 2. The molecule has 0 bridgehead atoms. The van der Waals surface area contributed by atoms with Crippen LogP contribution in [-0.4, -0.2) is 50.0 Å². The van der Waals surface area contributed by atoms with Crippen LogP contribution in [0.25, 0.3) is 0 Å². The number of hydrogen-bond acceptors (Lipinski definition) is 5. The molecular weight excluding hydrogens is 272 g/mol. The smallest absolute Gasteiger partial charge is 0.259 e. The average molecular weight is 292 g/mol. The van der Waals surface area contributed by atoms with Crippen LogP contribution in [0.5, 0.6) is 5.75 Å². The molecule has 114 valence electrons. The number of nitrogens with zero attached hydrogens (tertiary/aromatic N) is 1. The van der Waals surface area contributed by atoms with E-state index in [0.29, 0.717) is 43.3 Å². The van der Waals surface area contributed by atoms with Gasteiger partial charge in [0.2, 0.25) is 0 Å². The van der Waals surface area contributed by atoms with Gasteiger partial charge in [-0.25, -0.2) is 0 Å². The zero-order chi connectivity index (χ0) is 14.9. The molecule has 6 heteroatoms. The van der Waals surface area contributed by atoms with Crippen LogP contribution in [0, 0.1) is 0 Å². The normalized spacial score (nSPS) is 20.7. The monoisotopic (exact) mass is 292 g/mol. The molecule has 0 atom stereocenters. The van der Waals surface area contributed by atoms with Gasteiger partial charge in [-0.3, -0.25) is 4.79 Å². The maximum atomic E-state index is 12.8. The first kappa shape index (κ1) is 14.2. The van der Waals surface area contributed by atoms with Crippen molar-refractivity contribution in [2.75, 3.05) is 39.1 Å². The number of benzene rings is 1. The number of nitrogens with two attached hydrogens (primary N) is 1. The van der Waals surface area contributed by atoms with Crippen molar-refractivity contribution in [1.29, 1.82) is 0 Å². The number of amides is 1. The maximum Gasteiger partial charge on any atom is 0.259 e. The summed E-state index contributed by atoms with van der Waals surface area (Å²) >= 11 is 0. The second-order valence-corrected chi connectivity index (χ2v) is 5.36. The number of hydrogen-bond donors (Lipinski definition) is 1. The molecule has 2 heterocycles. The van der Waals surface area contributed by atoms with Crippen LogP contribution in [0.15, 0.2) is 18.2 Å². The number of anilines is 1. The van der Waals surface area contributed by atoms with Crippen molar-refractivity contribution >= 4 is 11.6 Å². The lowest BCUT2D eigenvalue weighted by Crippen LogP contribution is -2.51. The van der Waals surface area contributed by atoms with Crippen LogP contribution < -0.4 is 10.5 Å². The Morgan fingerprint density at radius 1 is 1.38 bits per heavy atom. The predicted molar refractivity (Wildman–Crippen MR) is 77.2 cm³/mol. The molecule has 1 aromatic carbocycles. The van der Waals surface area contributed by atoms with Gasteiger partial charge in [0.05, 0.1) is 26.9 Å². The lowest BCUT2D eigenvalue weighted by Gasteiger charge is -2.38. The quantitative estimate of drug-likeness (QED) is 0.831. The van der Waals surface area contributed by atoms with Crippen LogP contribution in [0.2, 0.25) is 0 Å². The highest BCUT2D eigenvalue weighted by atomic mass is 16.7. The minimum absolute atomic E-state index is 0.136. The Kier molecular flexibility index (Phi) is 3.73. The average Bonchev–Trinajstić information content (AvgIpc) is 2.94. The highest BCUT2D eigenvalue weighted by Crippen LogP contribution is 2.33. The molecule has 2 N–H and O–H groups in total. The van der Waals surface area contributed by atoms with E-state index in [4.69, 9.17) is 19.9 Å². The first-order chi connectivity index (χ1) is 10.2. The van der Waals surface area contributed by atoms with Gasteiger partial charge in [-0.15, -0.1) is 0 Å². The van der Waals surface area contributed by atoms with E-state index in [1.54, 1.807) is 23.1 Å². The van der Waals surface area contributed by atoms with Gasteiger partial charge in [-0.1, -0.05) is 6.07 Å². The van der Waals surface area contributed by atoms with Gasteiger partial charge in [-0.2, -0.15) is 0 Å². The Morgan fingerprint density at radius 2 is 2.14 bits per heavy atom. The number of likely N-dealkylation sites (tertiary alicyclic amines) is 1. The van der Waals surface area contributed by atoms with E-state index in [2.05, 4.69) is 0 Å². The van der Waals surface area contributed by atoms with E-state index < -0.39 is 5.79 Å².